The van der Waals surface area contributed by atoms with Crippen molar-refractivity contribution in [2.75, 3.05) is 7.05 Å². The molecule has 0 aliphatic heterocycles. The first-order chi connectivity index (χ1) is 14.8. The summed E-state index contributed by atoms with van der Waals surface area (Å²) in [7, 11) is 1.38. The van der Waals surface area contributed by atoms with Crippen molar-refractivity contribution in [1.29, 1.82) is 0 Å². The van der Waals surface area contributed by atoms with Gasteiger partial charge in [-0.25, -0.2) is 8.78 Å². The summed E-state index contributed by atoms with van der Waals surface area (Å²) < 4.78 is 37.7. The summed E-state index contributed by atoms with van der Waals surface area (Å²) in [4.78, 5) is 25.0. The quantitative estimate of drug-likeness (QED) is 0.601. The number of nitrogens with zero attached hydrogens (tertiary/aromatic N) is 1. The fraction of sp³-hybridized carbons (Fsp3) is 0.227. The van der Waals surface area contributed by atoms with E-state index in [0.29, 0.717) is 17.2 Å². The zero-order valence-corrected chi connectivity index (χ0v) is 17.2. The van der Waals surface area contributed by atoms with Crippen molar-refractivity contribution in [3.05, 3.63) is 82.2 Å². The van der Waals surface area contributed by atoms with E-state index in [2.05, 4.69) is 15.8 Å². The summed E-state index contributed by atoms with van der Waals surface area (Å²) >= 11 is 0. The van der Waals surface area contributed by atoms with Crippen LogP contribution in [0.1, 0.15) is 39.0 Å². The van der Waals surface area contributed by atoms with Gasteiger partial charge in [0.2, 0.25) is 5.91 Å². The molecule has 3 rings (SSSR count). The van der Waals surface area contributed by atoms with Gasteiger partial charge in [-0.1, -0.05) is 17.3 Å². The van der Waals surface area contributed by atoms with Gasteiger partial charge in [0.05, 0.1) is 11.3 Å². The van der Waals surface area contributed by atoms with Crippen LogP contribution in [0.15, 0.2) is 47.0 Å². The van der Waals surface area contributed by atoms with E-state index in [1.807, 2.05) is 0 Å². The molecule has 0 spiro atoms. The first kappa shape index (κ1) is 21.9. The number of rotatable bonds is 7. The Labute approximate surface area is 177 Å². The summed E-state index contributed by atoms with van der Waals surface area (Å²) in [5, 5.41) is 8.81. The van der Waals surface area contributed by atoms with E-state index in [4.69, 9.17) is 9.26 Å². The van der Waals surface area contributed by atoms with Crippen molar-refractivity contribution in [2.24, 2.45) is 0 Å². The minimum absolute atomic E-state index is 0.109. The lowest BCUT2D eigenvalue weighted by atomic mass is 10.0. The Morgan fingerprint density at radius 1 is 1.13 bits per heavy atom. The Morgan fingerprint density at radius 2 is 1.90 bits per heavy atom. The maximum Gasteiger partial charge on any atom is 0.252 e. The van der Waals surface area contributed by atoms with Crippen LogP contribution in [0.2, 0.25) is 0 Å². The third kappa shape index (κ3) is 5.06. The van der Waals surface area contributed by atoms with Gasteiger partial charge in [0.1, 0.15) is 24.2 Å². The topological polar surface area (TPSA) is 93.5 Å². The zero-order valence-electron chi connectivity index (χ0n) is 17.2. The summed E-state index contributed by atoms with van der Waals surface area (Å²) in [6.45, 7) is 3.79. The molecule has 0 saturated carbocycles. The Kier molecular flexibility index (Phi) is 6.64. The summed E-state index contributed by atoms with van der Waals surface area (Å²) in [5.74, 6) is -2.25. The average Bonchev–Trinajstić information content (AvgIpc) is 3.09. The molecule has 0 aliphatic carbocycles. The molecule has 0 radical (unpaired) electrons. The normalized spacial score (nSPS) is 11.6. The van der Waals surface area contributed by atoms with Crippen molar-refractivity contribution in [1.82, 2.24) is 15.8 Å². The van der Waals surface area contributed by atoms with Gasteiger partial charge in [0, 0.05) is 12.6 Å². The molecule has 0 saturated heterocycles. The SMILES string of the molecule is CNC(=O)C(NC(=O)c1cccc(OCc2c(C)noc2C)c1)c1ccc(F)c(F)c1. The van der Waals surface area contributed by atoms with Crippen LogP contribution in [0.4, 0.5) is 8.78 Å². The Hall–Kier alpha value is -3.75. The number of hydrogen-bond acceptors (Lipinski definition) is 5. The van der Waals surface area contributed by atoms with Gasteiger partial charge >= 0.3 is 0 Å². The molecule has 1 heterocycles. The number of carbonyl (C=O) groups is 2. The highest BCUT2D eigenvalue weighted by molar-refractivity contribution is 5.98. The van der Waals surface area contributed by atoms with Gasteiger partial charge in [-0.05, 0) is 49.7 Å². The lowest BCUT2D eigenvalue weighted by molar-refractivity contribution is -0.122. The number of amides is 2. The van der Waals surface area contributed by atoms with Crippen LogP contribution in [-0.2, 0) is 11.4 Å². The van der Waals surface area contributed by atoms with Crippen LogP contribution < -0.4 is 15.4 Å². The van der Waals surface area contributed by atoms with Gasteiger partial charge < -0.3 is 19.9 Å². The molecular formula is C22H21F2N3O4. The van der Waals surface area contributed by atoms with Crippen LogP contribution in [0.3, 0.4) is 0 Å². The number of ether oxygens (including phenoxy) is 1. The highest BCUT2D eigenvalue weighted by atomic mass is 19.2. The average molecular weight is 429 g/mol. The molecule has 0 aliphatic rings. The largest absolute Gasteiger partial charge is 0.489 e. The third-order valence-corrected chi connectivity index (χ3v) is 4.72. The lowest BCUT2D eigenvalue weighted by Crippen LogP contribution is -2.39. The highest BCUT2D eigenvalue weighted by Gasteiger charge is 2.24. The molecule has 9 heteroatoms. The molecule has 1 aromatic heterocycles. The molecule has 162 valence electrons. The second kappa shape index (κ2) is 9.38. The van der Waals surface area contributed by atoms with Gasteiger partial charge in [0.25, 0.3) is 5.91 Å². The Bertz CT molecular complexity index is 1090. The molecule has 2 aromatic carbocycles. The van der Waals surface area contributed by atoms with Gasteiger partial charge in [-0.2, -0.15) is 0 Å². The standard InChI is InChI=1S/C22H21F2N3O4/c1-12-17(13(2)31-27-12)11-30-16-6-4-5-15(9-16)21(28)26-20(22(29)25-3)14-7-8-18(23)19(24)10-14/h4-10,20H,11H2,1-3H3,(H,25,29)(H,26,28). The summed E-state index contributed by atoms with van der Waals surface area (Å²) in [5.41, 5.74) is 1.87. The fourth-order valence-electron chi connectivity index (χ4n) is 2.94. The molecule has 1 atom stereocenters. The van der Waals surface area contributed by atoms with Crippen LogP contribution in [-0.4, -0.2) is 24.0 Å². The van der Waals surface area contributed by atoms with E-state index < -0.39 is 29.5 Å². The van der Waals surface area contributed by atoms with E-state index in [9.17, 15) is 18.4 Å². The number of likely N-dealkylation sites (N-methyl/N-ethyl adjacent to an activating group) is 1. The molecule has 0 bridgehead atoms. The number of hydrogen-bond donors (Lipinski definition) is 2. The fourth-order valence-corrected chi connectivity index (χ4v) is 2.94. The first-order valence-electron chi connectivity index (χ1n) is 9.42. The number of carbonyl (C=O) groups excluding carboxylic acids is 2. The van der Waals surface area contributed by atoms with Gasteiger partial charge in [-0.15, -0.1) is 0 Å². The number of halogens is 2. The van der Waals surface area contributed by atoms with Crippen molar-refractivity contribution < 1.29 is 27.6 Å². The Morgan fingerprint density at radius 3 is 2.55 bits per heavy atom. The predicted molar refractivity (Wildman–Crippen MR) is 107 cm³/mol. The Balaban J connectivity index is 1.77. The predicted octanol–water partition coefficient (Wildman–Crippen LogP) is 3.37. The first-order valence-corrected chi connectivity index (χ1v) is 9.42. The molecule has 0 fully saturated rings. The van der Waals surface area contributed by atoms with E-state index >= 15 is 0 Å². The summed E-state index contributed by atoms with van der Waals surface area (Å²) in [6.07, 6.45) is 0. The maximum absolute atomic E-state index is 13.6. The van der Waals surface area contributed by atoms with E-state index in [1.54, 1.807) is 32.0 Å². The smallest absolute Gasteiger partial charge is 0.252 e. The molecule has 3 aromatic rings. The number of aryl methyl sites for hydroxylation is 2. The molecular weight excluding hydrogens is 408 g/mol. The number of benzene rings is 2. The van der Waals surface area contributed by atoms with E-state index in [-0.39, 0.29) is 17.7 Å². The van der Waals surface area contributed by atoms with Crippen LogP contribution in [0.5, 0.6) is 5.75 Å². The zero-order chi connectivity index (χ0) is 22.5. The monoisotopic (exact) mass is 429 g/mol. The minimum Gasteiger partial charge on any atom is -0.489 e. The van der Waals surface area contributed by atoms with Crippen molar-refractivity contribution in [3.63, 3.8) is 0 Å². The minimum atomic E-state index is -1.21. The molecule has 2 amide bonds. The summed E-state index contributed by atoms with van der Waals surface area (Å²) in [6, 6.07) is 8.17. The lowest BCUT2D eigenvalue weighted by Gasteiger charge is -2.18. The van der Waals surface area contributed by atoms with Crippen molar-refractivity contribution in [3.8, 4) is 5.75 Å². The molecule has 2 N–H and O–H groups in total. The number of aromatic nitrogens is 1. The highest BCUT2D eigenvalue weighted by Crippen LogP contribution is 2.21. The third-order valence-electron chi connectivity index (χ3n) is 4.72. The van der Waals surface area contributed by atoms with Crippen molar-refractivity contribution >= 4 is 11.8 Å². The van der Waals surface area contributed by atoms with E-state index in [0.717, 1.165) is 17.7 Å². The number of nitrogens with one attached hydrogen (secondary N) is 2. The van der Waals surface area contributed by atoms with Crippen molar-refractivity contribution in [2.45, 2.75) is 26.5 Å². The van der Waals surface area contributed by atoms with Gasteiger partial charge in [-0.3, -0.25) is 9.59 Å². The maximum atomic E-state index is 13.6. The van der Waals surface area contributed by atoms with E-state index in [1.165, 1.54) is 19.2 Å². The molecule has 1 unspecified atom stereocenters. The van der Waals surface area contributed by atoms with Crippen LogP contribution in [0.25, 0.3) is 0 Å². The van der Waals surface area contributed by atoms with Gasteiger partial charge in [0.15, 0.2) is 11.6 Å². The van der Waals surface area contributed by atoms with Crippen LogP contribution >= 0.6 is 0 Å². The second-order valence-corrected chi connectivity index (χ2v) is 6.81. The van der Waals surface area contributed by atoms with Crippen LogP contribution in [0, 0.1) is 25.5 Å². The second-order valence-electron chi connectivity index (χ2n) is 6.81. The molecule has 31 heavy (non-hydrogen) atoms. The molecule has 7 nitrogen and oxygen atoms in total.